The molecule has 0 saturated carbocycles. The first-order valence-corrected chi connectivity index (χ1v) is 7.34. The fraction of sp³-hybridized carbons (Fsp3) is 0.176. The molecule has 0 amide bonds. The number of aliphatic hydroxyl groups is 1. The van der Waals surface area contributed by atoms with Crippen molar-refractivity contribution in [2.45, 2.75) is 19.6 Å². The van der Waals surface area contributed by atoms with Crippen molar-refractivity contribution in [3.8, 4) is 0 Å². The minimum absolute atomic E-state index is 0.142. The molecule has 3 rings (SSSR count). The number of fused-ring (bicyclic) bond motifs is 1. The Labute approximate surface area is 132 Å². The maximum Gasteiger partial charge on any atom is 0.261 e. The molecule has 1 N–H and O–H groups in total. The highest BCUT2D eigenvalue weighted by Crippen LogP contribution is 2.18. The lowest BCUT2D eigenvalue weighted by molar-refractivity contribution is 0.154. The van der Waals surface area contributed by atoms with Gasteiger partial charge in [-0.15, -0.1) is 0 Å². The number of benzene rings is 2. The summed E-state index contributed by atoms with van der Waals surface area (Å²) in [5.41, 5.74) is 1.24. The Morgan fingerprint density at radius 3 is 2.59 bits per heavy atom. The van der Waals surface area contributed by atoms with Crippen LogP contribution in [0.25, 0.3) is 10.9 Å². The van der Waals surface area contributed by atoms with Crippen LogP contribution in [-0.2, 0) is 6.54 Å². The van der Waals surface area contributed by atoms with Crippen molar-refractivity contribution in [1.29, 1.82) is 0 Å². The lowest BCUT2D eigenvalue weighted by atomic mass is 10.1. The highest BCUT2D eigenvalue weighted by Gasteiger charge is 2.13. The van der Waals surface area contributed by atoms with Gasteiger partial charge in [0.05, 0.1) is 23.6 Å². The predicted molar refractivity (Wildman–Crippen MR) is 87.2 cm³/mol. The van der Waals surface area contributed by atoms with Crippen LogP contribution >= 0.6 is 11.6 Å². The van der Waals surface area contributed by atoms with Gasteiger partial charge in [0.1, 0.15) is 5.82 Å². The summed E-state index contributed by atoms with van der Waals surface area (Å²) in [4.78, 5) is 17.0. The van der Waals surface area contributed by atoms with Gasteiger partial charge in [-0.2, -0.15) is 0 Å². The molecule has 0 radical (unpaired) electrons. The summed E-state index contributed by atoms with van der Waals surface area (Å²) < 4.78 is 1.50. The summed E-state index contributed by atoms with van der Waals surface area (Å²) in [6, 6.07) is 14.1. The van der Waals surface area contributed by atoms with Crippen LogP contribution in [0.3, 0.4) is 0 Å². The van der Waals surface area contributed by atoms with Crippen LogP contribution < -0.4 is 5.56 Å². The van der Waals surface area contributed by atoms with E-state index in [1.54, 1.807) is 43.3 Å². The number of aromatic nitrogens is 2. The molecule has 22 heavy (non-hydrogen) atoms. The number of para-hydroxylation sites is 1. The second-order valence-electron chi connectivity index (χ2n) is 5.16. The van der Waals surface area contributed by atoms with Crippen LogP contribution in [0.15, 0.2) is 53.3 Å². The van der Waals surface area contributed by atoms with Gasteiger partial charge in [-0.05, 0) is 36.8 Å². The van der Waals surface area contributed by atoms with E-state index in [-0.39, 0.29) is 12.1 Å². The quantitative estimate of drug-likeness (QED) is 0.808. The van der Waals surface area contributed by atoms with Gasteiger partial charge in [-0.25, -0.2) is 4.98 Å². The van der Waals surface area contributed by atoms with Gasteiger partial charge in [0.2, 0.25) is 0 Å². The summed E-state index contributed by atoms with van der Waals surface area (Å²) >= 11 is 5.85. The van der Waals surface area contributed by atoms with Crippen LogP contribution in [0.1, 0.15) is 17.5 Å². The Morgan fingerprint density at radius 1 is 1.18 bits per heavy atom. The second kappa shape index (κ2) is 5.91. The van der Waals surface area contributed by atoms with E-state index >= 15 is 0 Å². The third-order valence-electron chi connectivity index (χ3n) is 3.66. The normalized spacial score (nSPS) is 12.5. The van der Waals surface area contributed by atoms with Gasteiger partial charge in [0.15, 0.2) is 0 Å². The summed E-state index contributed by atoms with van der Waals surface area (Å²) in [7, 11) is 0. The zero-order chi connectivity index (χ0) is 15.7. The summed E-state index contributed by atoms with van der Waals surface area (Å²) in [6.45, 7) is 1.92. The molecule has 0 spiro atoms. The lowest BCUT2D eigenvalue weighted by Crippen LogP contribution is -2.26. The van der Waals surface area contributed by atoms with E-state index in [1.165, 1.54) is 4.57 Å². The van der Waals surface area contributed by atoms with E-state index in [9.17, 15) is 9.90 Å². The van der Waals surface area contributed by atoms with Crippen LogP contribution in [0.2, 0.25) is 5.02 Å². The van der Waals surface area contributed by atoms with Crippen molar-refractivity contribution in [2.24, 2.45) is 0 Å². The van der Waals surface area contributed by atoms with Crippen LogP contribution in [0, 0.1) is 6.92 Å². The predicted octanol–water partition coefficient (Wildman–Crippen LogP) is 3.09. The summed E-state index contributed by atoms with van der Waals surface area (Å²) in [6.07, 6.45) is -0.795. The van der Waals surface area contributed by atoms with E-state index in [2.05, 4.69) is 4.98 Å². The van der Waals surface area contributed by atoms with Gasteiger partial charge in [0.25, 0.3) is 5.56 Å². The van der Waals surface area contributed by atoms with Crippen molar-refractivity contribution >= 4 is 22.5 Å². The molecule has 0 fully saturated rings. The Morgan fingerprint density at radius 2 is 1.86 bits per heavy atom. The third kappa shape index (κ3) is 2.75. The smallest absolute Gasteiger partial charge is 0.261 e. The average molecular weight is 315 g/mol. The molecule has 0 aliphatic heterocycles. The molecule has 112 valence electrons. The van der Waals surface area contributed by atoms with Crippen molar-refractivity contribution in [3.63, 3.8) is 0 Å². The van der Waals surface area contributed by atoms with E-state index in [1.807, 2.05) is 12.1 Å². The first-order valence-electron chi connectivity index (χ1n) is 6.96. The highest BCUT2D eigenvalue weighted by atomic mass is 35.5. The first-order chi connectivity index (χ1) is 10.6. The highest BCUT2D eigenvalue weighted by molar-refractivity contribution is 6.30. The van der Waals surface area contributed by atoms with Crippen LogP contribution in [-0.4, -0.2) is 14.7 Å². The Hall–Kier alpha value is -2.17. The third-order valence-corrected chi connectivity index (χ3v) is 3.91. The molecule has 1 aromatic heterocycles. The number of aliphatic hydroxyl groups excluding tert-OH is 1. The fourth-order valence-electron chi connectivity index (χ4n) is 2.46. The van der Waals surface area contributed by atoms with E-state index < -0.39 is 6.10 Å². The lowest BCUT2D eigenvalue weighted by Gasteiger charge is -2.15. The maximum atomic E-state index is 12.6. The zero-order valence-electron chi connectivity index (χ0n) is 12.0. The van der Waals surface area contributed by atoms with Crippen molar-refractivity contribution in [3.05, 3.63) is 75.3 Å². The second-order valence-corrected chi connectivity index (χ2v) is 5.60. The molecule has 3 aromatic rings. The standard InChI is InChI=1S/C17H15ClN2O2/c1-11-19-15-5-3-2-4-14(15)17(22)20(11)10-16(21)12-6-8-13(18)9-7-12/h2-9,16,21H,10H2,1H3/t16-/m1/s1. The van der Waals surface area contributed by atoms with E-state index in [4.69, 9.17) is 11.6 Å². The number of nitrogens with zero attached hydrogens (tertiary/aromatic N) is 2. The van der Waals surface area contributed by atoms with Gasteiger partial charge in [-0.1, -0.05) is 35.9 Å². The molecular weight excluding hydrogens is 300 g/mol. The number of hydrogen-bond acceptors (Lipinski definition) is 3. The number of hydrogen-bond donors (Lipinski definition) is 1. The fourth-order valence-corrected chi connectivity index (χ4v) is 2.58. The largest absolute Gasteiger partial charge is 0.387 e. The molecule has 0 aliphatic rings. The summed E-state index contributed by atoms with van der Waals surface area (Å²) in [5.74, 6) is 0.580. The van der Waals surface area contributed by atoms with Gasteiger partial charge in [-0.3, -0.25) is 9.36 Å². The molecule has 0 unspecified atom stereocenters. The van der Waals surface area contributed by atoms with E-state index in [0.29, 0.717) is 27.3 Å². The molecule has 4 nitrogen and oxygen atoms in total. The van der Waals surface area contributed by atoms with Gasteiger partial charge >= 0.3 is 0 Å². The van der Waals surface area contributed by atoms with Crippen molar-refractivity contribution < 1.29 is 5.11 Å². The van der Waals surface area contributed by atoms with Gasteiger partial charge in [0, 0.05) is 5.02 Å². The minimum atomic E-state index is -0.795. The Kier molecular flexibility index (Phi) is 3.96. The maximum absolute atomic E-state index is 12.6. The molecule has 0 aliphatic carbocycles. The number of halogens is 1. The summed E-state index contributed by atoms with van der Waals surface area (Å²) in [5, 5.41) is 11.5. The number of aryl methyl sites for hydroxylation is 1. The number of rotatable bonds is 3. The first kappa shape index (κ1) is 14.8. The van der Waals surface area contributed by atoms with E-state index in [0.717, 1.165) is 0 Å². The average Bonchev–Trinajstić information content (AvgIpc) is 2.52. The van der Waals surface area contributed by atoms with Crippen molar-refractivity contribution in [1.82, 2.24) is 9.55 Å². The zero-order valence-corrected chi connectivity index (χ0v) is 12.8. The Balaban J connectivity index is 2.00. The molecule has 0 saturated heterocycles. The molecule has 0 bridgehead atoms. The molecule has 2 aromatic carbocycles. The minimum Gasteiger partial charge on any atom is -0.387 e. The van der Waals surface area contributed by atoms with Crippen LogP contribution in [0.5, 0.6) is 0 Å². The topological polar surface area (TPSA) is 55.1 Å². The molecule has 1 atom stereocenters. The SMILES string of the molecule is Cc1nc2ccccc2c(=O)n1C[C@@H](O)c1ccc(Cl)cc1. The molecule has 5 heteroatoms. The Bertz CT molecular complexity index is 872. The van der Waals surface area contributed by atoms with Crippen LogP contribution in [0.4, 0.5) is 0 Å². The van der Waals surface area contributed by atoms with Gasteiger partial charge < -0.3 is 5.11 Å². The van der Waals surface area contributed by atoms with Crippen molar-refractivity contribution in [2.75, 3.05) is 0 Å². The molecular formula is C17H15ClN2O2. The molecule has 1 heterocycles. The monoisotopic (exact) mass is 314 g/mol.